The van der Waals surface area contributed by atoms with Gasteiger partial charge in [0.15, 0.2) is 11.5 Å². The summed E-state index contributed by atoms with van der Waals surface area (Å²) in [4.78, 5) is 17.8. The summed E-state index contributed by atoms with van der Waals surface area (Å²) in [6.45, 7) is 4.54. The number of fused-ring (bicyclic) bond motifs is 1. The average molecular weight is 230 g/mol. The molecule has 0 atom stereocenters. The maximum Gasteiger partial charge on any atom is 0.224 e. The summed E-state index contributed by atoms with van der Waals surface area (Å²) < 4.78 is 0. The van der Waals surface area contributed by atoms with Gasteiger partial charge in [-0.1, -0.05) is 6.08 Å². The van der Waals surface area contributed by atoms with Gasteiger partial charge in [-0.15, -0.1) is 6.58 Å². The highest BCUT2D eigenvalue weighted by Gasteiger charge is 2.31. The first-order chi connectivity index (χ1) is 8.29. The van der Waals surface area contributed by atoms with Crippen LogP contribution in [0, 0.1) is 0 Å². The summed E-state index contributed by atoms with van der Waals surface area (Å²) in [5.74, 6) is 1.08. The van der Waals surface area contributed by atoms with Gasteiger partial charge in [0, 0.05) is 12.6 Å². The topological polar surface area (TPSA) is 83.7 Å². The Labute approximate surface area is 98.6 Å². The van der Waals surface area contributed by atoms with Crippen LogP contribution in [0.1, 0.15) is 12.8 Å². The van der Waals surface area contributed by atoms with Crippen LogP contribution in [0.15, 0.2) is 19.0 Å². The fourth-order valence-electron chi connectivity index (χ4n) is 1.98. The Hall–Kier alpha value is -2.11. The van der Waals surface area contributed by atoms with E-state index in [1.54, 1.807) is 6.33 Å². The van der Waals surface area contributed by atoms with Gasteiger partial charge in [0.25, 0.3) is 0 Å². The van der Waals surface area contributed by atoms with E-state index >= 15 is 0 Å². The molecule has 0 radical (unpaired) electrons. The predicted molar refractivity (Wildman–Crippen MR) is 66.7 cm³/mol. The maximum absolute atomic E-state index is 5.71. The van der Waals surface area contributed by atoms with E-state index in [9.17, 15) is 0 Å². The highest BCUT2D eigenvalue weighted by atomic mass is 15.3. The minimum Gasteiger partial charge on any atom is -0.368 e. The van der Waals surface area contributed by atoms with E-state index in [-0.39, 0.29) is 5.95 Å². The number of nitrogens with zero attached hydrogens (tertiary/aromatic N) is 4. The Morgan fingerprint density at radius 3 is 3.06 bits per heavy atom. The van der Waals surface area contributed by atoms with Gasteiger partial charge in [0.1, 0.15) is 5.52 Å². The number of H-pyrrole nitrogens is 1. The molecule has 0 amide bonds. The molecule has 6 heteroatoms. The van der Waals surface area contributed by atoms with Crippen molar-refractivity contribution in [2.24, 2.45) is 0 Å². The summed E-state index contributed by atoms with van der Waals surface area (Å²) in [7, 11) is 0. The molecule has 1 aliphatic carbocycles. The Morgan fingerprint density at radius 2 is 2.35 bits per heavy atom. The third-order valence-corrected chi connectivity index (χ3v) is 2.87. The highest BCUT2D eigenvalue weighted by molar-refractivity contribution is 5.84. The number of nitrogens with one attached hydrogen (secondary N) is 1. The standard InChI is InChI=1S/C11H14N6/c1-2-5-17(7-3-4-7)10-8-9(14-6-13-8)15-11(12)16-10/h2,6-7H,1,3-5H2,(H3,12,13,14,15,16). The second-order valence-electron chi connectivity index (χ2n) is 4.18. The summed E-state index contributed by atoms with van der Waals surface area (Å²) in [6, 6.07) is 0.536. The van der Waals surface area contributed by atoms with Crippen LogP contribution >= 0.6 is 0 Å². The molecule has 2 aromatic rings. The van der Waals surface area contributed by atoms with Gasteiger partial charge in [-0.05, 0) is 12.8 Å². The molecule has 0 bridgehead atoms. The quantitative estimate of drug-likeness (QED) is 0.768. The van der Waals surface area contributed by atoms with E-state index in [0.29, 0.717) is 11.7 Å². The van der Waals surface area contributed by atoms with Crippen LogP contribution in [-0.2, 0) is 0 Å². The smallest absolute Gasteiger partial charge is 0.224 e. The average Bonchev–Trinajstić information content (AvgIpc) is 3.04. The number of rotatable bonds is 4. The molecule has 3 rings (SSSR count). The zero-order chi connectivity index (χ0) is 11.8. The predicted octanol–water partition coefficient (Wildman–Crippen LogP) is 1.09. The Bertz CT molecular complexity index is 556. The van der Waals surface area contributed by atoms with Crippen molar-refractivity contribution >= 4 is 22.9 Å². The molecular weight excluding hydrogens is 216 g/mol. The first-order valence-electron chi connectivity index (χ1n) is 5.63. The van der Waals surface area contributed by atoms with Crippen LogP contribution in [0.2, 0.25) is 0 Å². The second kappa shape index (κ2) is 3.73. The van der Waals surface area contributed by atoms with Crippen molar-refractivity contribution in [1.82, 2.24) is 19.9 Å². The normalized spacial score (nSPS) is 15.1. The molecule has 0 aliphatic heterocycles. The van der Waals surface area contributed by atoms with Crippen LogP contribution < -0.4 is 10.6 Å². The lowest BCUT2D eigenvalue weighted by molar-refractivity contribution is 0.844. The number of aromatic amines is 1. The molecule has 2 heterocycles. The number of hydrogen-bond acceptors (Lipinski definition) is 5. The number of nitrogen functional groups attached to an aromatic ring is 1. The molecule has 0 spiro atoms. The van der Waals surface area contributed by atoms with E-state index in [1.165, 1.54) is 12.8 Å². The first-order valence-corrected chi connectivity index (χ1v) is 5.63. The Kier molecular flexibility index (Phi) is 2.21. The van der Waals surface area contributed by atoms with E-state index in [2.05, 4.69) is 31.4 Å². The number of hydrogen-bond donors (Lipinski definition) is 2. The Morgan fingerprint density at radius 1 is 1.53 bits per heavy atom. The number of imidazole rings is 1. The third kappa shape index (κ3) is 1.71. The molecular formula is C11H14N6. The van der Waals surface area contributed by atoms with Crippen molar-refractivity contribution in [3.63, 3.8) is 0 Å². The number of nitrogens with two attached hydrogens (primary N) is 1. The van der Waals surface area contributed by atoms with Crippen LogP contribution in [-0.4, -0.2) is 32.5 Å². The fraction of sp³-hybridized carbons (Fsp3) is 0.364. The van der Waals surface area contributed by atoms with Gasteiger partial charge < -0.3 is 15.6 Å². The van der Waals surface area contributed by atoms with Crippen LogP contribution in [0.4, 0.5) is 11.8 Å². The van der Waals surface area contributed by atoms with E-state index in [4.69, 9.17) is 5.73 Å². The molecule has 0 saturated heterocycles. The maximum atomic E-state index is 5.71. The fourth-order valence-corrected chi connectivity index (χ4v) is 1.98. The van der Waals surface area contributed by atoms with Crippen molar-refractivity contribution in [2.75, 3.05) is 17.2 Å². The zero-order valence-corrected chi connectivity index (χ0v) is 9.43. The molecule has 0 unspecified atom stereocenters. The second-order valence-corrected chi connectivity index (χ2v) is 4.18. The van der Waals surface area contributed by atoms with Crippen molar-refractivity contribution in [3.8, 4) is 0 Å². The molecule has 88 valence electrons. The van der Waals surface area contributed by atoms with Gasteiger partial charge in [0.05, 0.1) is 6.33 Å². The van der Waals surface area contributed by atoms with Crippen LogP contribution in [0.3, 0.4) is 0 Å². The van der Waals surface area contributed by atoms with Crippen molar-refractivity contribution in [1.29, 1.82) is 0 Å². The van der Waals surface area contributed by atoms with Crippen molar-refractivity contribution in [2.45, 2.75) is 18.9 Å². The summed E-state index contributed by atoms with van der Waals surface area (Å²) in [5, 5.41) is 0. The van der Waals surface area contributed by atoms with Crippen LogP contribution in [0.5, 0.6) is 0 Å². The third-order valence-electron chi connectivity index (χ3n) is 2.87. The number of anilines is 2. The highest BCUT2D eigenvalue weighted by Crippen LogP contribution is 2.33. The van der Waals surface area contributed by atoms with Crippen LogP contribution in [0.25, 0.3) is 11.2 Å². The molecule has 1 fully saturated rings. The molecule has 2 aromatic heterocycles. The van der Waals surface area contributed by atoms with Gasteiger partial charge >= 0.3 is 0 Å². The summed E-state index contributed by atoms with van der Waals surface area (Å²) >= 11 is 0. The minimum absolute atomic E-state index is 0.259. The lowest BCUT2D eigenvalue weighted by Crippen LogP contribution is -2.27. The van der Waals surface area contributed by atoms with E-state index in [0.717, 1.165) is 17.9 Å². The molecule has 3 N–H and O–H groups in total. The monoisotopic (exact) mass is 230 g/mol. The van der Waals surface area contributed by atoms with Gasteiger partial charge in [-0.25, -0.2) is 4.98 Å². The molecule has 1 aliphatic rings. The first kappa shape index (κ1) is 10.1. The van der Waals surface area contributed by atoms with Gasteiger partial charge in [-0.2, -0.15) is 9.97 Å². The SMILES string of the molecule is C=CCN(c1nc(N)nc2nc[nH]c12)C1CC1. The largest absolute Gasteiger partial charge is 0.368 e. The van der Waals surface area contributed by atoms with Crippen molar-refractivity contribution in [3.05, 3.63) is 19.0 Å². The van der Waals surface area contributed by atoms with E-state index in [1.807, 2.05) is 6.08 Å². The minimum atomic E-state index is 0.259. The zero-order valence-electron chi connectivity index (χ0n) is 9.43. The Balaban J connectivity index is 2.12. The molecule has 17 heavy (non-hydrogen) atoms. The molecule has 6 nitrogen and oxygen atoms in total. The lowest BCUT2D eigenvalue weighted by Gasteiger charge is -2.22. The lowest BCUT2D eigenvalue weighted by atomic mass is 10.4. The number of aromatic nitrogens is 4. The van der Waals surface area contributed by atoms with Crippen molar-refractivity contribution < 1.29 is 0 Å². The van der Waals surface area contributed by atoms with E-state index < -0.39 is 0 Å². The van der Waals surface area contributed by atoms with Gasteiger partial charge in [-0.3, -0.25) is 0 Å². The molecule has 1 saturated carbocycles. The van der Waals surface area contributed by atoms with Gasteiger partial charge in [0.2, 0.25) is 5.95 Å². The summed E-state index contributed by atoms with van der Waals surface area (Å²) in [6.07, 6.45) is 5.86. The summed E-state index contributed by atoms with van der Waals surface area (Å²) in [5.41, 5.74) is 7.16. The molecule has 0 aromatic carbocycles.